The Labute approximate surface area is 152 Å². The first kappa shape index (κ1) is 19.7. The first-order chi connectivity index (χ1) is 12.0. The second kappa shape index (κ2) is 9.15. The number of nitrogens with zero attached hydrogens (tertiary/aromatic N) is 3. The number of aryl methyl sites for hydroxylation is 2. The number of hydrogen-bond acceptors (Lipinski definition) is 3. The first-order valence-corrected chi connectivity index (χ1v) is 9.66. The molecule has 0 unspecified atom stereocenters. The molecule has 2 aromatic heterocycles. The minimum atomic E-state index is 0.941. The lowest BCUT2D eigenvalue weighted by atomic mass is 10.2. The zero-order valence-corrected chi connectivity index (χ0v) is 16.9. The maximum atomic E-state index is 4.60. The second-order valence-electron chi connectivity index (χ2n) is 7.23. The third-order valence-corrected chi connectivity index (χ3v) is 5.24. The summed E-state index contributed by atoms with van der Waals surface area (Å²) in [6.07, 6.45) is 2.85. The van der Waals surface area contributed by atoms with Crippen molar-refractivity contribution in [1.29, 1.82) is 0 Å². The summed E-state index contributed by atoms with van der Waals surface area (Å²) in [5, 5.41) is 4.74. The molecule has 0 aromatic carbocycles. The molecule has 0 spiro atoms. The quantitative estimate of drug-likeness (QED) is 0.563. The number of nitrogens with one attached hydrogen (secondary N) is 3. The van der Waals surface area contributed by atoms with Crippen LogP contribution in [0.1, 0.15) is 31.5 Å². The fourth-order valence-electron chi connectivity index (χ4n) is 3.43. The molecule has 0 amide bonds. The van der Waals surface area contributed by atoms with E-state index >= 15 is 0 Å². The molecule has 0 saturated carbocycles. The van der Waals surface area contributed by atoms with Crippen molar-refractivity contribution in [2.45, 2.75) is 40.7 Å². The number of anilines is 1. The average molecular weight is 349 g/mol. The van der Waals surface area contributed by atoms with Crippen molar-refractivity contribution in [3.05, 3.63) is 17.6 Å². The van der Waals surface area contributed by atoms with Crippen molar-refractivity contribution in [1.82, 2.24) is 14.5 Å². The number of aromatic nitrogens is 3. The van der Waals surface area contributed by atoms with E-state index in [2.05, 4.69) is 61.6 Å². The molecule has 0 saturated heterocycles. The van der Waals surface area contributed by atoms with Gasteiger partial charge in [0.15, 0.2) is 0 Å². The van der Waals surface area contributed by atoms with Crippen LogP contribution in [0.4, 0.5) is 5.82 Å². The van der Waals surface area contributed by atoms with Crippen molar-refractivity contribution in [3.8, 4) is 0 Å². The van der Waals surface area contributed by atoms with Gasteiger partial charge in [0, 0.05) is 18.7 Å². The van der Waals surface area contributed by atoms with E-state index in [9.17, 15) is 0 Å². The largest absolute Gasteiger partial charge is 0.364 e. The van der Waals surface area contributed by atoms with Crippen LogP contribution in [0, 0.1) is 13.8 Å². The van der Waals surface area contributed by atoms with Gasteiger partial charge < -0.3 is 19.7 Å². The molecule has 0 aliphatic rings. The van der Waals surface area contributed by atoms with Gasteiger partial charge in [-0.25, -0.2) is 9.97 Å². The van der Waals surface area contributed by atoms with Gasteiger partial charge in [-0.3, -0.25) is 0 Å². The Morgan fingerprint density at radius 2 is 1.80 bits per heavy atom. The van der Waals surface area contributed by atoms with Gasteiger partial charge in [0.2, 0.25) is 0 Å². The molecule has 0 atom stereocenters. The summed E-state index contributed by atoms with van der Waals surface area (Å²) in [7, 11) is 4.40. The molecule has 2 aromatic rings. The van der Waals surface area contributed by atoms with Crippen molar-refractivity contribution in [3.63, 3.8) is 0 Å². The van der Waals surface area contributed by atoms with E-state index in [1.54, 1.807) is 11.2 Å². The number of likely N-dealkylation sites (N-methyl/N-ethyl adjacent to an activating group) is 1. The Bertz CT molecular complexity index is 672. The third-order valence-electron chi connectivity index (χ3n) is 5.24. The molecule has 3 N–H and O–H groups in total. The summed E-state index contributed by atoms with van der Waals surface area (Å²) in [6, 6.07) is 0. The van der Waals surface area contributed by atoms with E-state index in [0.29, 0.717) is 0 Å². The zero-order chi connectivity index (χ0) is 18.4. The van der Waals surface area contributed by atoms with Crippen LogP contribution in [-0.2, 0) is 6.54 Å². The van der Waals surface area contributed by atoms with E-state index in [1.165, 1.54) is 41.2 Å². The topological polar surface area (TPSA) is 51.6 Å². The monoisotopic (exact) mass is 348 g/mol. The van der Waals surface area contributed by atoms with Gasteiger partial charge in [-0.1, -0.05) is 0 Å². The smallest absolute Gasteiger partial charge is 0.145 e. The lowest BCUT2D eigenvalue weighted by molar-refractivity contribution is -0.894. The number of quaternary nitrogens is 2. The van der Waals surface area contributed by atoms with Crippen LogP contribution in [0.3, 0.4) is 0 Å². The van der Waals surface area contributed by atoms with Crippen LogP contribution in [0.2, 0.25) is 0 Å². The Morgan fingerprint density at radius 3 is 2.44 bits per heavy atom. The molecule has 0 radical (unpaired) electrons. The molecule has 6 heteroatoms. The van der Waals surface area contributed by atoms with Gasteiger partial charge in [-0.2, -0.15) is 0 Å². The van der Waals surface area contributed by atoms with E-state index in [0.717, 1.165) is 37.5 Å². The number of rotatable bonds is 10. The molecule has 140 valence electrons. The van der Waals surface area contributed by atoms with E-state index in [1.807, 2.05) is 0 Å². The lowest BCUT2D eigenvalue weighted by Gasteiger charge is -2.16. The van der Waals surface area contributed by atoms with Crippen LogP contribution in [0.5, 0.6) is 0 Å². The minimum Gasteiger partial charge on any atom is -0.364 e. The SMILES string of the molecule is CC[NH+](CC)CCNc1ncnc2c1c(C)c(C)n2CCC[NH+](C)C. The summed E-state index contributed by atoms with van der Waals surface area (Å²) in [4.78, 5) is 12.2. The van der Waals surface area contributed by atoms with Gasteiger partial charge in [0.05, 0.1) is 52.2 Å². The molecule has 0 aliphatic carbocycles. The molecule has 2 rings (SSSR count). The fraction of sp³-hybridized carbons (Fsp3) is 0.684. The summed E-state index contributed by atoms with van der Waals surface area (Å²) >= 11 is 0. The van der Waals surface area contributed by atoms with Gasteiger partial charge in [-0.05, 0) is 33.3 Å². The van der Waals surface area contributed by atoms with Gasteiger partial charge in [-0.15, -0.1) is 0 Å². The Kier molecular flexibility index (Phi) is 7.20. The maximum Gasteiger partial charge on any atom is 0.145 e. The van der Waals surface area contributed by atoms with Gasteiger partial charge in [0.1, 0.15) is 17.8 Å². The Hall–Kier alpha value is -1.66. The van der Waals surface area contributed by atoms with E-state index < -0.39 is 0 Å². The van der Waals surface area contributed by atoms with Crippen molar-refractivity contribution in [2.75, 3.05) is 52.1 Å². The van der Waals surface area contributed by atoms with Crippen LogP contribution in [0.25, 0.3) is 11.0 Å². The van der Waals surface area contributed by atoms with Gasteiger partial charge in [0.25, 0.3) is 0 Å². The predicted molar refractivity (Wildman–Crippen MR) is 105 cm³/mol. The average Bonchev–Trinajstić information content (AvgIpc) is 2.84. The third kappa shape index (κ3) is 4.70. The summed E-state index contributed by atoms with van der Waals surface area (Å²) in [5.41, 5.74) is 3.67. The Morgan fingerprint density at radius 1 is 1.08 bits per heavy atom. The lowest BCUT2D eigenvalue weighted by Crippen LogP contribution is -3.12. The highest BCUT2D eigenvalue weighted by molar-refractivity contribution is 5.91. The van der Waals surface area contributed by atoms with Crippen LogP contribution >= 0.6 is 0 Å². The minimum absolute atomic E-state index is 0.941. The Balaban J connectivity index is 2.19. The van der Waals surface area contributed by atoms with E-state index in [-0.39, 0.29) is 0 Å². The highest BCUT2D eigenvalue weighted by Crippen LogP contribution is 2.28. The molecule has 0 aliphatic heterocycles. The maximum absolute atomic E-state index is 4.60. The van der Waals surface area contributed by atoms with Crippen LogP contribution in [-0.4, -0.2) is 61.4 Å². The summed E-state index contributed by atoms with van der Waals surface area (Å²) in [6.45, 7) is 15.4. The summed E-state index contributed by atoms with van der Waals surface area (Å²) < 4.78 is 2.36. The standard InChI is InChI=1S/C19H34N6/c1-7-24(8-2)13-10-20-18-17-15(3)16(4)25(12-9-11-23(5)6)19(17)22-14-21-18/h14H,7-13H2,1-6H3,(H,20,21,22)/p+2. The zero-order valence-electron chi connectivity index (χ0n) is 16.9. The van der Waals surface area contributed by atoms with Crippen LogP contribution in [0.15, 0.2) is 6.33 Å². The number of hydrogen-bond donors (Lipinski definition) is 3. The number of fused-ring (bicyclic) bond motifs is 1. The highest BCUT2D eigenvalue weighted by atomic mass is 15.1. The fourth-order valence-corrected chi connectivity index (χ4v) is 3.43. The molecule has 6 nitrogen and oxygen atoms in total. The predicted octanol–water partition coefficient (Wildman–Crippen LogP) is -0.0807. The van der Waals surface area contributed by atoms with Crippen molar-refractivity contribution >= 4 is 16.9 Å². The molecule has 25 heavy (non-hydrogen) atoms. The van der Waals surface area contributed by atoms with Crippen molar-refractivity contribution in [2.24, 2.45) is 0 Å². The normalized spacial score (nSPS) is 11.8. The molecule has 2 heterocycles. The van der Waals surface area contributed by atoms with E-state index in [4.69, 9.17) is 0 Å². The highest BCUT2D eigenvalue weighted by Gasteiger charge is 2.16. The molecule has 0 bridgehead atoms. The summed E-state index contributed by atoms with van der Waals surface area (Å²) in [5.74, 6) is 0.981. The molecular weight excluding hydrogens is 312 g/mol. The second-order valence-corrected chi connectivity index (χ2v) is 7.23. The van der Waals surface area contributed by atoms with Crippen molar-refractivity contribution < 1.29 is 9.80 Å². The first-order valence-electron chi connectivity index (χ1n) is 9.66. The van der Waals surface area contributed by atoms with Gasteiger partial charge >= 0.3 is 0 Å². The van der Waals surface area contributed by atoms with Crippen LogP contribution < -0.4 is 15.1 Å². The molecular formula is C19H36N6+2. The molecule has 0 fully saturated rings.